The molecule has 0 aliphatic heterocycles. The Labute approximate surface area is 56.2 Å². The van der Waals surface area contributed by atoms with E-state index in [0.717, 1.165) is 5.52 Å². The molecule has 0 radical (unpaired) electrons. The first-order chi connectivity index (χ1) is 4.88. The SMILES string of the molecule is N=c1occc2ccnn12. The highest BCUT2D eigenvalue weighted by atomic mass is 16.3. The van der Waals surface area contributed by atoms with Gasteiger partial charge >= 0.3 is 5.68 Å². The maximum absolute atomic E-state index is 7.21. The van der Waals surface area contributed by atoms with Gasteiger partial charge in [0.2, 0.25) is 0 Å². The summed E-state index contributed by atoms with van der Waals surface area (Å²) in [4.78, 5) is 0. The second-order valence-corrected chi connectivity index (χ2v) is 1.89. The molecule has 0 spiro atoms. The molecule has 2 aromatic rings. The number of hydrogen-bond acceptors (Lipinski definition) is 3. The molecule has 2 aromatic heterocycles. The van der Waals surface area contributed by atoms with E-state index in [1.165, 1.54) is 10.8 Å². The van der Waals surface area contributed by atoms with Crippen LogP contribution in [-0.2, 0) is 0 Å². The summed E-state index contributed by atoms with van der Waals surface area (Å²) < 4.78 is 6.18. The summed E-state index contributed by atoms with van der Waals surface area (Å²) in [5.74, 6) is 0. The summed E-state index contributed by atoms with van der Waals surface area (Å²) in [6, 6.07) is 3.57. The molecule has 2 rings (SSSR count). The van der Waals surface area contributed by atoms with Gasteiger partial charge < -0.3 is 4.42 Å². The van der Waals surface area contributed by atoms with Crippen LogP contribution in [0.2, 0.25) is 0 Å². The molecule has 0 bridgehead atoms. The van der Waals surface area contributed by atoms with Crippen molar-refractivity contribution in [2.45, 2.75) is 0 Å². The zero-order valence-corrected chi connectivity index (χ0v) is 5.11. The summed E-state index contributed by atoms with van der Waals surface area (Å²) in [6.45, 7) is 0. The van der Waals surface area contributed by atoms with Gasteiger partial charge in [-0.2, -0.15) is 9.61 Å². The van der Waals surface area contributed by atoms with Crippen molar-refractivity contribution in [1.82, 2.24) is 9.61 Å². The van der Waals surface area contributed by atoms with Crippen LogP contribution in [0, 0.1) is 5.41 Å². The Balaban J connectivity index is 3.09. The molecular weight excluding hydrogens is 130 g/mol. The van der Waals surface area contributed by atoms with Gasteiger partial charge in [-0.15, -0.1) is 0 Å². The van der Waals surface area contributed by atoms with Gasteiger partial charge in [0.15, 0.2) is 0 Å². The van der Waals surface area contributed by atoms with E-state index >= 15 is 0 Å². The van der Waals surface area contributed by atoms with Gasteiger partial charge in [-0.1, -0.05) is 0 Å². The summed E-state index contributed by atoms with van der Waals surface area (Å²) in [5.41, 5.74) is 0.916. The van der Waals surface area contributed by atoms with Gasteiger partial charge in [0.25, 0.3) is 0 Å². The predicted molar refractivity (Wildman–Crippen MR) is 33.3 cm³/mol. The van der Waals surface area contributed by atoms with E-state index in [-0.39, 0.29) is 5.68 Å². The van der Waals surface area contributed by atoms with Crippen LogP contribution in [0.5, 0.6) is 0 Å². The first-order valence-electron chi connectivity index (χ1n) is 2.84. The molecular formula is C6H5N3O. The molecule has 0 aliphatic carbocycles. The third-order valence-corrected chi connectivity index (χ3v) is 1.28. The van der Waals surface area contributed by atoms with Gasteiger partial charge in [-0.05, 0) is 12.1 Å². The molecule has 0 atom stereocenters. The van der Waals surface area contributed by atoms with Gasteiger partial charge in [-0.3, -0.25) is 0 Å². The van der Waals surface area contributed by atoms with Gasteiger partial charge in [0, 0.05) is 0 Å². The fraction of sp³-hybridized carbons (Fsp3) is 0. The number of fused-ring (bicyclic) bond motifs is 1. The van der Waals surface area contributed by atoms with Crippen molar-refractivity contribution in [2.24, 2.45) is 0 Å². The number of rotatable bonds is 0. The van der Waals surface area contributed by atoms with Crippen molar-refractivity contribution in [3.63, 3.8) is 0 Å². The monoisotopic (exact) mass is 135 g/mol. The first kappa shape index (κ1) is 5.22. The fourth-order valence-electron chi connectivity index (χ4n) is 0.828. The molecule has 0 saturated carbocycles. The fourth-order valence-corrected chi connectivity index (χ4v) is 0.828. The lowest BCUT2D eigenvalue weighted by atomic mass is 10.5. The summed E-state index contributed by atoms with van der Waals surface area (Å²) in [6.07, 6.45) is 3.10. The topological polar surface area (TPSA) is 54.3 Å². The van der Waals surface area contributed by atoms with Crippen LogP contribution >= 0.6 is 0 Å². The maximum atomic E-state index is 7.21. The molecule has 10 heavy (non-hydrogen) atoms. The molecule has 1 N–H and O–H groups in total. The molecule has 50 valence electrons. The maximum Gasteiger partial charge on any atom is 0.315 e. The van der Waals surface area contributed by atoms with E-state index in [1.54, 1.807) is 12.3 Å². The predicted octanol–water partition coefficient (Wildman–Crippen LogP) is 0.407. The quantitative estimate of drug-likeness (QED) is 0.568. The first-order valence-corrected chi connectivity index (χ1v) is 2.84. The summed E-state index contributed by atoms with van der Waals surface area (Å²) >= 11 is 0. The van der Waals surface area contributed by atoms with Crippen molar-refractivity contribution in [1.29, 1.82) is 5.41 Å². The van der Waals surface area contributed by atoms with Gasteiger partial charge in [0.05, 0.1) is 18.0 Å². The lowest BCUT2D eigenvalue weighted by Crippen LogP contribution is -2.10. The lowest BCUT2D eigenvalue weighted by molar-refractivity contribution is 0.437. The zero-order valence-electron chi connectivity index (χ0n) is 5.11. The van der Waals surface area contributed by atoms with Crippen LogP contribution in [-0.4, -0.2) is 9.61 Å². The molecule has 0 amide bonds. The Bertz CT molecular complexity index is 400. The Kier molecular flexibility index (Phi) is 0.887. The molecule has 0 aromatic carbocycles. The second kappa shape index (κ2) is 1.70. The standard InChI is InChI=1S/C6H5N3O/c7-6-9-5(1-3-8-9)2-4-10-6/h1-4,7H. The highest BCUT2D eigenvalue weighted by Crippen LogP contribution is 1.94. The van der Waals surface area contributed by atoms with E-state index in [4.69, 9.17) is 9.83 Å². The third kappa shape index (κ3) is 0.556. The molecule has 0 fully saturated rings. The highest BCUT2D eigenvalue weighted by Gasteiger charge is 1.92. The Morgan fingerprint density at radius 2 is 2.40 bits per heavy atom. The minimum Gasteiger partial charge on any atom is -0.433 e. The van der Waals surface area contributed by atoms with Crippen LogP contribution in [0.3, 0.4) is 0 Å². The summed E-state index contributed by atoms with van der Waals surface area (Å²) in [7, 11) is 0. The van der Waals surface area contributed by atoms with E-state index < -0.39 is 0 Å². The number of aromatic nitrogens is 2. The minimum absolute atomic E-state index is 0.0440. The lowest BCUT2D eigenvalue weighted by Gasteiger charge is -1.87. The molecule has 0 saturated heterocycles. The number of hydrogen-bond donors (Lipinski definition) is 1. The van der Waals surface area contributed by atoms with E-state index in [9.17, 15) is 0 Å². The van der Waals surface area contributed by atoms with Crippen LogP contribution < -0.4 is 5.68 Å². The third-order valence-electron chi connectivity index (χ3n) is 1.28. The van der Waals surface area contributed by atoms with Crippen LogP contribution in [0.15, 0.2) is 29.0 Å². The van der Waals surface area contributed by atoms with Crippen molar-refractivity contribution in [2.75, 3.05) is 0 Å². The highest BCUT2D eigenvalue weighted by molar-refractivity contribution is 5.42. The Hall–Kier alpha value is -1.58. The van der Waals surface area contributed by atoms with Crippen molar-refractivity contribution in [3.8, 4) is 0 Å². The largest absolute Gasteiger partial charge is 0.433 e. The van der Waals surface area contributed by atoms with Gasteiger partial charge in [0.1, 0.15) is 0 Å². The number of nitrogens with zero attached hydrogens (tertiary/aromatic N) is 2. The molecule has 0 aliphatic rings. The zero-order chi connectivity index (χ0) is 6.97. The van der Waals surface area contributed by atoms with E-state index in [1.807, 2.05) is 6.07 Å². The van der Waals surface area contributed by atoms with Crippen molar-refractivity contribution >= 4 is 5.52 Å². The summed E-state index contributed by atoms with van der Waals surface area (Å²) in [5, 5.41) is 11.1. The molecule has 4 heteroatoms. The van der Waals surface area contributed by atoms with Gasteiger partial charge in [-0.25, -0.2) is 5.41 Å². The minimum atomic E-state index is 0.0440. The molecule has 4 nitrogen and oxygen atoms in total. The van der Waals surface area contributed by atoms with Crippen molar-refractivity contribution in [3.05, 3.63) is 30.3 Å². The Morgan fingerprint density at radius 1 is 1.50 bits per heavy atom. The van der Waals surface area contributed by atoms with E-state index in [0.29, 0.717) is 0 Å². The van der Waals surface area contributed by atoms with Crippen LogP contribution in [0.4, 0.5) is 0 Å². The average Bonchev–Trinajstić information content (AvgIpc) is 2.36. The Morgan fingerprint density at radius 3 is 3.20 bits per heavy atom. The average molecular weight is 135 g/mol. The molecule has 2 heterocycles. The van der Waals surface area contributed by atoms with Crippen LogP contribution in [0.25, 0.3) is 5.52 Å². The normalized spacial score (nSPS) is 10.4. The van der Waals surface area contributed by atoms with Crippen LogP contribution in [0.1, 0.15) is 0 Å². The second-order valence-electron chi connectivity index (χ2n) is 1.89. The molecule has 0 unspecified atom stereocenters. The van der Waals surface area contributed by atoms with Crippen molar-refractivity contribution < 1.29 is 4.42 Å². The van der Waals surface area contributed by atoms with E-state index in [2.05, 4.69) is 5.10 Å². The smallest absolute Gasteiger partial charge is 0.315 e. The number of nitrogens with one attached hydrogen (secondary N) is 1.